The molecular formula is C17H34N4O. The van der Waals surface area contributed by atoms with Crippen molar-refractivity contribution in [3.63, 3.8) is 0 Å². The molecule has 0 bridgehead atoms. The van der Waals surface area contributed by atoms with E-state index in [0.717, 1.165) is 50.6 Å². The lowest BCUT2D eigenvalue weighted by atomic mass is 10.2. The maximum absolute atomic E-state index is 5.74. The summed E-state index contributed by atoms with van der Waals surface area (Å²) < 4.78 is 5.74. The lowest BCUT2D eigenvalue weighted by molar-refractivity contribution is 0.115. The largest absolute Gasteiger partial charge is 0.379 e. The molecule has 2 aliphatic carbocycles. The minimum Gasteiger partial charge on any atom is -0.379 e. The molecule has 0 aromatic carbocycles. The molecule has 2 aliphatic rings. The number of hydrogen-bond donors (Lipinski definition) is 1. The lowest BCUT2D eigenvalue weighted by Crippen LogP contribution is -2.42. The van der Waals surface area contributed by atoms with Gasteiger partial charge in [0.25, 0.3) is 0 Å². The van der Waals surface area contributed by atoms with E-state index in [1.807, 2.05) is 0 Å². The molecule has 1 unspecified atom stereocenters. The average molecular weight is 310 g/mol. The SMILES string of the molecule is CCNC(=NCC(C1CC1)N(C)C)N(C)CCOCC1CC1. The summed E-state index contributed by atoms with van der Waals surface area (Å²) in [4.78, 5) is 9.37. The van der Waals surface area contributed by atoms with Crippen LogP contribution in [-0.2, 0) is 4.74 Å². The molecule has 1 N–H and O–H groups in total. The summed E-state index contributed by atoms with van der Waals surface area (Å²) in [6, 6.07) is 0.577. The van der Waals surface area contributed by atoms with Gasteiger partial charge in [0.1, 0.15) is 0 Å². The molecule has 0 aromatic rings. The molecule has 0 heterocycles. The fourth-order valence-corrected chi connectivity index (χ4v) is 2.71. The van der Waals surface area contributed by atoms with Crippen molar-refractivity contribution in [2.45, 2.75) is 38.6 Å². The highest BCUT2D eigenvalue weighted by Gasteiger charge is 2.32. The maximum atomic E-state index is 5.74. The first-order valence-corrected chi connectivity index (χ1v) is 8.85. The molecule has 128 valence electrons. The second-order valence-electron chi connectivity index (χ2n) is 7.00. The molecule has 1 atom stereocenters. The number of nitrogens with zero attached hydrogens (tertiary/aromatic N) is 3. The molecule has 0 aromatic heterocycles. The summed E-state index contributed by atoms with van der Waals surface area (Å²) >= 11 is 0. The number of ether oxygens (including phenoxy) is 1. The van der Waals surface area contributed by atoms with E-state index in [2.05, 4.69) is 43.2 Å². The van der Waals surface area contributed by atoms with Crippen LogP contribution in [0.2, 0.25) is 0 Å². The van der Waals surface area contributed by atoms with Crippen molar-refractivity contribution >= 4 is 5.96 Å². The third-order valence-electron chi connectivity index (χ3n) is 4.58. The number of nitrogens with one attached hydrogen (secondary N) is 1. The minimum atomic E-state index is 0.577. The Bertz CT molecular complexity index is 349. The summed E-state index contributed by atoms with van der Waals surface area (Å²) in [7, 11) is 6.44. The van der Waals surface area contributed by atoms with Gasteiger partial charge in [0.05, 0.1) is 13.2 Å². The van der Waals surface area contributed by atoms with Crippen LogP contribution < -0.4 is 5.32 Å². The van der Waals surface area contributed by atoms with Crippen LogP contribution in [0.25, 0.3) is 0 Å². The summed E-state index contributed by atoms with van der Waals surface area (Å²) in [5, 5.41) is 3.40. The molecule has 5 heteroatoms. The van der Waals surface area contributed by atoms with Gasteiger partial charge in [0.15, 0.2) is 5.96 Å². The smallest absolute Gasteiger partial charge is 0.193 e. The molecular weight excluding hydrogens is 276 g/mol. The van der Waals surface area contributed by atoms with Gasteiger partial charge < -0.3 is 19.9 Å². The first-order valence-electron chi connectivity index (χ1n) is 8.85. The van der Waals surface area contributed by atoms with Crippen LogP contribution in [-0.4, -0.2) is 75.8 Å². The van der Waals surface area contributed by atoms with Crippen molar-refractivity contribution in [3.05, 3.63) is 0 Å². The minimum absolute atomic E-state index is 0.577. The quantitative estimate of drug-likeness (QED) is 0.378. The van der Waals surface area contributed by atoms with Gasteiger partial charge in [-0.15, -0.1) is 0 Å². The van der Waals surface area contributed by atoms with Crippen LogP contribution in [0.5, 0.6) is 0 Å². The number of hydrogen-bond acceptors (Lipinski definition) is 3. The second-order valence-corrected chi connectivity index (χ2v) is 7.00. The highest BCUT2D eigenvalue weighted by Crippen LogP contribution is 2.34. The predicted molar refractivity (Wildman–Crippen MR) is 92.4 cm³/mol. The Labute approximate surface area is 136 Å². The van der Waals surface area contributed by atoms with Crippen molar-refractivity contribution in [1.29, 1.82) is 0 Å². The number of rotatable bonds is 10. The van der Waals surface area contributed by atoms with Gasteiger partial charge in [0, 0.05) is 32.8 Å². The van der Waals surface area contributed by atoms with E-state index in [0.29, 0.717) is 6.04 Å². The van der Waals surface area contributed by atoms with Gasteiger partial charge in [-0.2, -0.15) is 0 Å². The highest BCUT2D eigenvalue weighted by molar-refractivity contribution is 5.79. The van der Waals surface area contributed by atoms with E-state index in [4.69, 9.17) is 9.73 Å². The standard InChI is InChI=1S/C17H34N4O/c1-5-18-17(19-12-16(20(2)3)15-8-9-15)21(4)10-11-22-13-14-6-7-14/h14-16H,5-13H2,1-4H3,(H,18,19). The molecule has 0 saturated heterocycles. The first kappa shape index (κ1) is 17.5. The van der Waals surface area contributed by atoms with Crippen molar-refractivity contribution in [3.8, 4) is 0 Å². The molecule has 0 amide bonds. The number of guanidine groups is 1. The number of likely N-dealkylation sites (N-methyl/N-ethyl adjacent to an activating group) is 2. The summed E-state index contributed by atoms with van der Waals surface area (Å²) in [6.45, 7) is 6.53. The third-order valence-corrected chi connectivity index (χ3v) is 4.58. The second kappa shape index (κ2) is 8.73. The highest BCUT2D eigenvalue weighted by atomic mass is 16.5. The van der Waals surface area contributed by atoms with Gasteiger partial charge in [-0.1, -0.05) is 0 Å². The predicted octanol–water partition coefficient (Wildman–Crippen LogP) is 1.65. The van der Waals surface area contributed by atoms with Gasteiger partial charge in [-0.05, 0) is 58.5 Å². The third kappa shape index (κ3) is 6.13. The van der Waals surface area contributed by atoms with Crippen LogP contribution in [0.1, 0.15) is 32.6 Å². The zero-order chi connectivity index (χ0) is 15.9. The molecule has 0 radical (unpaired) electrons. The Morgan fingerprint density at radius 2 is 1.95 bits per heavy atom. The van der Waals surface area contributed by atoms with E-state index in [-0.39, 0.29) is 0 Å². The lowest BCUT2D eigenvalue weighted by Gasteiger charge is -2.25. The summed E-state index contributed by atoms with van der Waals surface area (Å²) in [5.74, 6) is 2.69. The Balaban J connectivity index is 1.76. The topological polar surface area (TPSA) is 40.1 Å². The molecule has 2 saturated carbocycles. The molecule has 2 fully saturated rings. The molecule has 22 heavy (non-hydrogen) atoms. The molecule has 0 spiro atoms. The van der Waals surface area contributed by atoms with E-state index in [1.165, 1.54) is 25.7 Å². The molecule has 5 nitrogen and oxygen atoms in total. The van der Waals surface area contributed by atoms with Crippen molar-refractivity contribution in [2.24, 2.45) is 16.8 Å². The van der Waals surface area contributed by atoms with Gasteiger partial charge in [-0.25, -0.2) is 0 Å². The van der Waals surface area contributed by atoms with Crippen LogP contribution in [0.4, 0.5) is 0 Å². The average Bonchev–Trinajstić information content (AvgIpc) is 3.35. The van der Waals surface area contributed by atoms with Crippen molar-refractivity contribution in [2.75, 3.05) is 54.0 Å². The van der Waals surface area contributed by atoms with Crippen LogP contribution in [0, 0.1) is 11.8 Å². The zero-order valence-electron chi connectivity index (χ0n) is 14.8. The van der Waals surface area contributed by atoms with Crippen molar-refractivity contribution < 1.29 is 4.74 Å². The Morgan fingerprint density at radius 3 is 2.50 bits per heavy atom. The molecule has 2 rings (SSSR count). The van der Waals surface area contributed by atoms with E-state index in [1.54, 1.807) is 0 Å². The van der Waals surface area contributed by atoms with Crippen LogP contribution >= 0.6 is 0 Å². The first-order chi connectivity index (χ1) is 10.6. The van der Waals surface area contributed by atoms with Crippen LogP contribution in [0.15, 0.2) is 4.99 Å². The molecule has 0 aliphatic heterocycles. The fourth-order valence-electron chi connectivity index (χ4n) is 2.71. The van der Waals surface area contributed by atoms with Crippen LogP contribution in [0.3, 0.4) is 0 Å². The summed E-state index contributed by atoms with van der Waals surface area (Å²) in [5.41, 5.74) is 0. The Morgan fingerprint density at radius 1 is 1.23 bits per heavy atom. The Kier molecular flexibility index (Phi) is 6.96. The van der Waals surface area contributed by atoms with Crippen molar-refractivity contribution in [1.82, 2.24) is 15.1 Å². The Hall–Kier alpha value is -0.810. The fraction of sp³-hybridized carbons (Fsp3) is 0.941. The monoisotopic (exact) mass is 310 g/mol. The maximum Gasteiger partial charge on any atom is 0.193 e. The van der Waals surface area contributed by atoms with Gasteiger partial charge in [0.2, 0.25) is 0 Å². The zero-order valence-corrected chi connectivity index (χ0v) is 14.8. The van der Waals surface area contributed by atoms with E-state index < -0.39 is 0 Å². The number of aliphatic imine (C=N–C) groups is 1. The van der Waals surface area contributed by atoms with E-state index >= 15 is 0 Å². The summed E-state index contributed by atoms with van der Waals surface area (Å²) in [6.07, 6.45) is 5.43. The van der Waals surface area contributed by atoms with Gasteiger partial charge in [-0.3, -0.25) is 4.99 Å². The van der Waals surface area contributed by atoms with E-state index in [9.17, 15) is 0 Å². The van der Waals surface area contributed by atoms with Gasteiger partial charge >= 0.3 is 0 Å². The normalized spacial score (nSPS) is 20.3.